The van der Waals surface area contributed by atoms with Crippen LogP contribution in [0.15, 0.2) is 97.3 Å². The fourth-order valence-electron chi connectivity index (χ4n) is 4.47. The second kappa shape index (κ2) is 11.8. The molecule has 5 rings (SSSR count). The maximum absolute atomic E-state index is 13.8. The van der Waals surface area contributed by atoms with Gasteiger partial charge in [-0.05, 0) is 77.6 Å². The third-order valence-corrected chi connectivity index (χ3v) is 6.41. The fraction of sp³-hybridized carbons (Fsp3) is 0.226. The molecule has 1 aliphatic rings. The predicted molar refractivity (Wildman–Crippen MR) is 141 cm³/mol. The number of hydrogen-bond acceptors (Lipinski definition) is 4. The second-order valence-electron chi connectivity index (χ2n) is 9.20. The Morgan fingerprint density at radius 3 is 2.46 bits per heavy atom. The Kier molecular flexibility index (Phi) is 7.87. The van der Waals surface area contributed by atoms with Crippen molar-refractivity contribution in [2.24, 2.45) is 0 Å². The van der Waals surface area contributed by atoms with Gasteiger partial charge in [0.1, 0.15) is 18.2 Å². The average Bonchev–Trinajstić information content (AvgIpc) is 3.46. The van der Waals surface area contributed by atoms with E-state index >= 15 is 0 Å². The number of halogens is 1. The van der Waals surface area contributed by atoms with Crippen LogP contribution >= 0.6 is 0 Å². The summed E-state index contributed by atoms with van der Waals surface area (Å²) in [5, 5.41) is 0. The Labute approximate surface area is 216 Å². The van der Waals surface area contributed by atoms with Crippen LogP contribution < -0.4 is 4.74 Å². The van der Waals surface area contributed by atoms with Crippen molar-refractivity contribution in [1.82, 2.24) is 9.88 Å². The van der Waals surface area contributed by atoms with Gasteiger partial charge in [-0.3, -0.25) is 9.78 Å². The van der Waals surface area contributed by atoms with E-state index in [1.165, 1.54) is 12.1 Å². The molecular weight excluding hydrogens is 467 g/mol. The first-order chi connectivity index (χ1) is 18.1. The average molecular weight is 497 g/mol. The predicted octanol–water partition coefficient (Wildman–Crippen LogP) is 6.29. The van der Waals surface area contributed by atoms with Crippen LogP contribution in [-0.4, -0.2) is 35.1 Å². The van der Waals surface area contributed by atoms with Crippen LogP contribution in [0.1, 0.15) is 34.3 Å². The van der Waals surface area contributed by atoms with Gasteiger partial charge in [-0.1, -0.05) is 42.5 Å². The van der Waals surface area contributed by atoms with Crippen LogP contribution in [0, 0.1) is 5.82 Å². The van der Waals surface area contributed by atoms with Gasteiger partial charge in [0.25, 0.3) is 5.91 Å². The number of carbonyl (C=O) groups is 1. The first kappa shape index (κ1) is 24.7. The molecular formula is C31H29FN2O3. The Bertz CT molecular complexity index is 1320. The molecule has 1 atom stereocenters. The number of aromatic nitrogens is 1. The van der Waals surface area contributed by atoms with E-state index in [1.807, 2.05) is 60.7 Å². The number of carbonyl (C=O) groups excluding carboxylic acids is 1. The molecule has 1 fully saturated rings. The monoisotopic (exact) mass is 496 g/mol. The molecule has 0 spiro atoms. The third-order valence-electron chi connectivity index (χ3n) is 6.41. The summed E-state index contributed by atoms with van der Waals surface area (Å²) in [6.45, 7) is 2.18. The molecule has 0 radical (unpaired) electrons. The third kappa shape index (κ3) is 6.60. The molecule has 4 aromatic rings. The second-order valence-corrected chi connectivity index (χ2v) is 9.20. The topological polar surface area (TPSA) is 51.7 Å². The first-order valence-corrected chi connectivity index (χ1v) is 12.5. The Morgan fingerprint density at radius 1 is 0.946 bits per heavy atom. The summed E-state index contributed by atoms with van der Waals surface area (Å²) in [7, 11) is 0. The van der Waals surface area contributed by atoms with Crippen molar-refractivity contribution in [1.29, 1.82) is 0 Å². The van der Waals surface area contributed by atoms with E-state index in [0.29, 0.717) is 25.3 Å². The van der Waals surface area contributed by atoms with Gasteiger partial charge < -0.3 is 14.4 Å². The zero-order chi connectivity index (χ0) is 25.5. The van der Waals surface area contributed by atoms with E-state index in [4.69, 9.17) is 9.47 Å². The highest BCUT2D eigenvalue weighted by molar-refractivity contribution is 5.95. The standard InChI is InChI=1S/C31H29FN2O3/c32-28-9-2-7-26(18-28)25-6-1-8-27(17-25)31(35)34(21-24-5-3-15-33-19-24)20-23-11-13-29(14-12-23)37-22-30-10-4-16-36-30/h1-3,5-9,11-15,17-19,30H,4,10,16,20-22H2/t30-/m0/s1. The van der Waals surface area contributed by atoms with Crippen molar-refractivity contribution in [3.8, 4) is 16.9 Å². The molecule has 5 nitrogen and oxygen atoms in total. The van der Waals surface area contributed by atoms with Crippen molar-refractivity contribution >= 4 is 5.91 Å². The van der Waals surface area contributed by atoms with Gasteiger partial charge in [0.05, 0.1) is 6.10 Å². The molecule has 0 unspecified atom stereocenters. The van der Waals surface area contributed by atoms with Crippen molar-refractivity contribution in [3.63, 3.8) is 0 Å². The smallest absolute Gasteiger partial charge is 0.254 e. The quantitative estimate of drug-likeness (QED) is 0.273. The minimum Gasteiger partial charge on any atom is -0.491 e. The summed E-state index contributed by atoms with van der Waals surface area (Å²) in [5.74, 6) is 0.364. The molecule has 0 aliphatic carbocycles. The molecule has 1 aliphatic heterocycles. The summed E-state index contributed by atoms with van der Waals surface area (Å²) in [5.41, 5.74) is 3.99. The molecule has 1 saturated heterocycles. The van der Waals surface area contributed by atoms with E-state index < -0.39 is 0 Å². The number of ether oxygens (including phenoxy) is 2. The fourth-order valence-corrected chi connectivity index (χ4v) is 4.47. The van der Waals surface area contributed by atoms with Gasteiger partial charge in [-0.15, -0.1) is 0 Å². The number of benzene rings is 3. The molecule has 1 aromatic heterocycles. The van der Waals surface area contributed by atoms with Gasteiger partial charge in [-0.25, -0.2) is 4.39 Å². The van der Waals surface area contributed by atoms with Crippen LogP contribution in [0.25, 0.3) is 11.1 Å². The molecule has 0 bridgehead atoms. The van der Waals surface area contributed by atoms with Crippen LogP contribution in [0.2, 0.25) is 0 Å². The van der Waals surface area contributed by atoms with Crippen molar-refractivity contribution in [3.05, 3.63) is 120 Å². The van der Waals surface area contributed by atoms with Gasteiger partial charge in [0.2, 0.25) is 0 Å². The Morgan fingerprint density at radius 2 is 1.73 bits per heavy atom. The van der Waals surface area contributed by atoms with Gasteiger partial charge >= 0.3 is 0 Å². The lowest BCUT2D eigenvalue weighted by Crippen LogP contribution is -2.30. The largest absolute Gasteiger partial charge is 0.491 e. The number of hydrogen-bond donors (Lipinski definition) is 0. The lowest BCUT2D eigenvalue weighted by atomic mass is 10.0. The van der Waals surface area contributed by atoms with Crippen LogP contribution in [0.5, 0.6) is 5.75 Å². The van der Waals surface area contributed by atoms with Crippen molar-refractivity contribution in [2.75, 3.05) is 13.2 Å². The van der Waals surface area contributed by atoms with E-state index in [9.17, 15) is 9.18 Å². The summed E-state index contributed by atoms with van der Waals surface area (Å²) in [4.78, 5) is 19.7. The van der Waals surface area contributed by atoms with Gasteiger partial charge in [0.15, 0.2) is 0 Å². The highest BCUT2D eigenvalue weighted by Gasteiger charge is 2.19. The highest BCUT2D eigenvalue weighted by atomic mass is 19.1. The molecule has 188 valence electrons. The lowest BCUT2D eigenvalue weighted by molar-refractivity contribution is 0.0679. The molecule has 2 heterocycles. The number of pyridine rings is 1. The lowest BCUT2D eigenvalue weighted by Gasteiger charge is -2.23. The zero-order valence-electron chi connectivity index (χ0n) is 20.6. The molecule has 0 N–H and O–H groups in total. The van der Waals surface area contributed by atoms with E-state index in [0.717, 1.165) is 47.5 Å². The first-order valence-electron chi connectivity index (χ1n) is 12.5. The van der Waals surface area contributed by atoms with E-state index in [2.05, 4.69) is 4.98 Å². The van der Waals surface area contributed by atoms with Crippen molar-refractivity contribution in [2.45, 2.75) is 32.0 Å². The summed E-state index contributed by atoms with van der Waals surface area (Å²) >= 11 is 0. The molecule has 37 heavy (non-hydrogen) atoms. The summed E-state index contributed by atoms with van der Waals surface area (Å²) in [6, 6.07) is 25.4. The molecule has 0 saturated carbocycles. The van der Waals surface area contributed by atoms with Gasteiger partial charge in [-0.2, -0.15) is 0 Å². The summed E-state index contributed by atoms with van der Waals surface area (Å²) < 4.78 is 25.3. The maximum Gasteiger partial charge on any atom is 0.254 e. The molecule has 6 heteroatoms. The maximum atomic E-state index is 13.8. The van der Waals surface area contributed by atoms with Crippen molar-refractivity contribution < 1.29 is 18.7 Å². The summed E-state index contributed by atoms with van der Waals surface area (Å²) in [6.07, 6.45) is 5.76. The van der Waals surface area contributed by atoms with E-state index in [-0.39, 0.29) is 17.8 Å². The van der Waals surface area contributed by atoms with Crippen LogP contribution in [0.3, 0.4) is 0 Å². The Balaban J connectivity index is 1.34. The Hall–Kier alpha value is -4.03. The zero-order valence-corrected chi connectivity index (χ0v) is 20.6. The number of rotatable bonds is 9. The molecule has 3 aromatic carbocycles. The van der Waals surface area contributed by atoms with Crippen LogP contribution in [-0.2, 0) is 17.8 Å². The minimum absolute atomic E-state index is 0.110. The number of nitrogens with zero attached hydrogens (tertiary/aromatic N) is 2. The minimum atomic E-state index is -0.310. The normalized spacial score (nSPS) is 14.9. The highest BCUT2D eigenvalue weighted by Crippen LogP contribution is 2.24. The van der Waals surface area contributed by atoms with E-state index in [1.54, 1.807) is 29.4 Å². The molecule has 1 amide bonds. The van der Waals surface area contributed by atoms with Gasteiger partial charge in [0, 0.05) is 37.7 Å². The number of amides is 1. The van der Waals surface area contributed by atoms with Crippen LogP contribution in [0.4, 0.5) is 4.39 Å². The SMILES string of the molecule is O=C(c1cccc(-c2cccc(F)c2)c1)N(Cc1ccc(OC[C@@H]2CCCO2)cc1)Cc1cccnc1.